The molecule has 0 aromatic heterocycles. The zero-order valence-electron chi connectivity index (χ0n) is 11.8. The lowest BCUT2D eigenvalue weighted by molar-refractivity contribution is 0.391. The highest BCUT2D eigenvalue weighted by molar-refractivity contribution is 9.10. The van der Waals surface area contributed by atoms with Gasteiger partial charge in [-0.2, -0.15) is 0 Å². The summed E-state index contributed by atoms with van der Waals surface area (Å²) in [5.41, 5.74) is 9.30. The molecule has 2 aromatic rings. The molecule has 2 nitrogen and oxygen atoms in total. The number of aryl methyl sites for hydroxylation is 1. The first-order valence-electron chi connectivity index (χ1n) is 6.92. The summed E-state index contributed by atoms with van der Waals surface area (Å²) >= 11 is 3.49. The van der Waals surface area contributed by atoms with E-state index in [2.05, 4.69) is 15.9 Å². The van der Waals surface area contributed by atoms with Crippen molar-refractivity contribution in [3.63, 3.8) is 0 Å². The van der Waals surface area contributed by atoms with Crippen LogP contribution in [-0.4, -0.2) is 7.11 Å². The lowest BCUT2D eigenvalue weighted by Crippen LogP contribution is -2.36. The topological polar surface area (TPSA) is 35.2 Å². The van der Waals surface area contributed by atoms with Crippen LogP contribution < -0.4 is 10.5 Å². The van der Waals surface area contributed by atoms with E-state index >= 15 is 0 Å². The first-order chi connectivity index (χ1) is 10.0. The second kappa shape index (κ2) is 5.43. The van der Waals surface area contributed by atoms with Crippen molar-refractivity contribution in [2.24, 2.45) is 5.73 Å². The van der Waals surface area contributed by atoms with Crippen LogP contribution in [0, 0.1) is 5.82 Å². The van der Waals surface area contributed by atoms with E-state index in [0.29, 0.717) is 6.42 Å². The van der Waals surface area contributed by atoms with E-state index in [9.17, 15) is 4.39 Å². The third kappa shape index (κ3) is 2.70. The van der Waals surface area contributed by atoms with Crippen molar-refractivity contribution in [2.45, 2.75) is 24.8 Å². The van der Waals surface area contributed by atoms with Crippen molar-refractivity contribution in [1.82, 2.24) is 0 Å². The molecule has 0 saturated carbocycles. The highest BCUT2D eigenvalue weighted by Crippen LogP contribution is 2.39. The van der Waals surface area contributed by atoms with Crippen molar-refractivity contribution in [3.8, 4) is 5.75 Å². The largest absolute Gasteiger partial charge is 0.496 e. The number of nitrogens with two attached hydrogens (primary N) is 1. The van der Waals surface area contributed by atoms with E-state index in [1.165, 1.54) is 6.07 Å². The molecule has 2 aromatic carbocycles. The summed E-state index contributed by atoms with van der Waals surface area (Å²) in [6.07, 6.45) is 2.32. The number of methoxy groups -OCH3 is 1. The van der Waals surface area contributed by atoms with Crippen LogP contribution in [-0.2, 0) is 18.4 Å². The minimum absolute atomic E-state index is 0.196. The van der Waals surface area contributed by atoms with E-state index in [1.54, 1.807) is 13.2 Å². The molecule has 0 fully saturated rings. The van der Waals surface area contributed by atoms with Gasteiger partial charge in [-0.15, -0.1) is 0 Å². The predicted molar refractivity (Wildman–Crippen MR) is 85.0 cm³/mol. The molecule has 1 aliphatic carbocycles. The van der Waals surface area contributed by atoms with Crippen LogP contribution in [0.2, 0.25) is 0 Å². The minimum Gasteiger partial charge on any atom is -0.496 e. The Morgan fingerprint density at radius 3 is 2.86 bits per heavy atom. The van der Waals surface area contributed by atoms with Gasteiger partial charge in [-0.3, -0.25) is 0 Å². The van der Waals surface area contributed by atoms with Crippen molar-refractivity contribution in [3.05, 3.63) is 63.4 Å². The van der Waals surface area contributed by atoms with Crippen LogP contribution in [0.15, 0.2) is 40.9 Å². The van der Waals surface area contributed by atoms with Gasteiger partial charge < -0.3 is 10.5 Å². The van der Waals surface area contributed by atoms with Crippen LogP contribution in [0.25, 0.3) is 0 Å². The summed E-state index contributed by atoms with van der Waals surface area (Å²) in [5, 5.41) is 0. The normalized spacial score (nSPS) is 20.4. The number of benzene rings is 2. The Labute approximate surface area is 132 Å². The van der Waals surface area contributed by atoms with Gasteiger partial charge in [0.25, 0.3) is 0 Å². The molecule has 0 spiro atoms. The van der Waals surface area contributed by atoms with Crippen LogP contribution in [0.1, 0.15) is 23.1 Å². The Bertz CT molecular complexity index is 688. The molecule has 21 heavy (non-hydrogen) atoms. The Balaban J connectivity index is 1.98. The molecule has 0 heterocycles. The molecular formula is C17H17BrFNO. The van der Waals surface area contributed by atoms with Crippen molar-refractivity contribution >= 4 is 15.9 Å². The van der Waals surface area contributed by atoms with E-state index in [1.807, 2.05) is 24.3 Å². The fraction of sp³-hybridized carbons (Fsp3) is 0.294. The minimum atomic E-state index is -0.461. The van der Waals surface area contributed by atoms with Crippen LogP contribution in [0.4, 0.5) is 4.39 Å². The number of ether oxygens (including phenoxy) is 1. The number of rotatable bonds is 3. The van der Waals surface area contributed by atoms with Gasteiger partial charge in [-0.05, 0) is 66.3 Å². The highest BCUT2D eigenvalue weighted by atomic mass is 79.9. The van der Waals surface area contributed by atoms with Crippen molar-refractivity contribution in [1.29, 1.82) is 0 Å². The molecule has 2 N–H and O–H groups in total. The summed E-state index contributed by atoms with van der Waals surface area (Å²) in [4.78, 5) is 0. The van der Waals surface area contributed by atoms with Crippen LogP contribution in [0.3, 0.4) is 0 Å². The zero-order chi connectivity index (χ0) is 15.0. The van der Waals surface area contributed by atoms with Gasteiger partial charge in [0.2, 0.25) is 0 Å². The molecule has 0 saturated heterocycles. The Hall–Kier alpha value is -1.39. The average molecular weight is 350 g/mol. The SMILES string of the molecule is COc1ccc(Br)cc1CC1(N)CCc2cc(F)ccc21. The summed E-state index contributed by atoms with van der Waals surface area (Å²) in [7, 11) is 1.66. The maximum atomic E-state index is 13.3. The van der Waals surface area contributed by atoms with E-state index in [4.69, 9.17) is 10.5 Å². The van der Waals surface area contributed by atoms with Gasteiger partial charge in [0.1, 0.15) is 11.6 Å². The van der Waals surface area contributed by atoms with Gasteiger partial charge in [-0.25, -0.2) is 4.39 Å². The number of fused-ring (bicyclic) bond motifs is 1. The van der Waals surface area contributed by atoms with Gasteiger partial charge in [0.05, 0.1) is 7.11 Å². The molecule has 4 heteroatoms. The molecule has 0 amide bonds. The fourth-order valence-electron chi connectivity index (χ4n) is 3.16. The second-order valence-electron chi connectivity index (χ2n) is 5.59. The fourth-order valence-corrected chi connectivity index (χ4v) is 3.56. The Kier molecular flexibility index (Phi) is 3.76. The molecule has 1 unspecified atom stereocenters. The number of halogens is 2. The van der Waals surface area contributed by atoms with Gasteiger partial charge >= 0.3 is 0 Å². The summed E-state index contributed by atoms with van der Waals surface area (Å²) in [6, 6.07) is 10.8. The summed E-state index contributed by atoms with van der Waals surface area (Å²) < 4.78 is 19.8. The molecule has 0 radical (unpaired) electrons. The number of hydrogen-bond acceptors (Lipinski definition) is 2. The smallest absolute Gasteiger partial charge is 0.123 e. The first kappa shape index (κ1) is 14.5. The van der Waals surface area contributed by atoms with Gasteiger partial charge in [0.15, 0.2) is 0 Å². The third-order valence-electron chi connectivity index (χ3n) is 4.19. The third-order valence-corrected chi connectivity index (χ3v) is 4.69. The quantitative estimate of drug-likeness (QED) is 0.910. The Morgan fingerprint density at radius 2 is 2.10 bits per heavy atom. The monoisotopic (exact) mass is 349 g/mol. The Morgan fingerprint density at radius 1 is 1.29 bits per heavy atom. The second-order valence-corrected chi connectivity index (χ2v) is 6.51. The van der Waals surface area contributed by atoms with Gasteiger partial charge in [-0.1, -0.05) is 22.0 Å². The molecule has 1 aliphatic rings. The maximum absolute atomic E-state index is 13.3. The molecule has 110 valence electrons. The van der Waals surface area contributed by atoms with Crippen LogP contribution in [0.5, 0.6) is 5.75 Å². The molecule has 3 rings (SSSR count). The summed E-state index contributed by atoms with van der Waals surface area (Å²) in [5.74, 6) is 0.636. The molecule has 0 bridgehead atoms. The van der Waals surface area contributed by atoms with Crippen LogP contribution >= 0.6 is 15.9 Å². The standard InChI is InChI=1S/C17H17BrFNO/c1-21-16-5-2-13(18)8-12(16)10-17(20)7-6-11-9-14(19)3-4-15(11)17/h2-5,8-9H,6-7,10,20H2,1H3. The molecular weight excluding hydrogens is 333 g/mol. The van der Waals surface area contributed by atoms with E-state index < -0.39 is 5.54 Å². The molecule has 1 atom stereocenters. The lowest BCUT2D eigenvalue weighted by atomic mass is 9.86. The average Bonchev–Trinajstić information content (AvgIpc) is 2.76. The zero-order valence-corrected chi connectivity index (χ0v) is 13.4. The van der Waals surface area contributed by atoms with Crippen molar-refractivity contribution in [2.75, 3.05) is 7.11 Å². The lowest BCUT2D eigenvalue weighted by Gasteiger charge is -2.26. The highest BCUT2D eigenvalue weighted by Gasteiger charge is 2.35. The maximum Gasteiger partial charge on any atom is 0.123 e. The first-order valence-corrected chi connectivity index (χ1v) is 7.71. The summed E-state index contributed by atoms with van der Waals surface area (Å²) in [6.45, 7) is 0. The van der Waals surface area contributed by atoms with E-state index in [0.717, 1.165) is 39.8 Å². The van der Waals surface area contributed by atoms with Gasteiger partial charge in [0, 0.05) is 10.0 Å². The van der Waals surface area contributed by atoms with E-state index in [-0.39, 0.29) is 5.82 Å². The molecule has 0 aliphatic heterocycles. The van der Waals surface area contributed by atoms with Crippen molar-refractivity contribution < 1.29 is 9.13 Å². The predicted octanol–water partition coefficient (Wildman–Crippen LogP) is 3.94. The number of hydrogen-bond donors (Lipinski definition) is 1.